The molecule has 2 aromatic rings. The minimum atomic E-state index is -4.92. The third kappa shape index (κ3) is 6.13. The number of anilines is 1. The van der Waals surface area contributed by atoms with Crippen molar-refractivity contribution in [1.82, 2.24) is 4.98 Å². The number of hydrogen-bond acceptors (Lipinski definition) is 5. The van der Waals surface area contributed by atoms with Crippen molar-refractivity contribution in [3.8, 4) is 0 Å². The summed E-state index contributed by atoms with van der Waals surface area (Å²) in [6, 6.07) is 9.66. The van der Waals surface area contributed by atoms with Gasteiger partial charge in [-0.2, -0.15) is 0 Å². The molecule has 0 spiro atoms. The molecule has 0 fully saturated rings. The number of nitrogens with one attached hydrogen (secondary N) is 1. The van der Waals surface area contributed by atoms with Gasteiger partial charge in [-0.15, -0.1) is 0 Å². The van der Waals surface area contributed by atoms with Crippen LogP contribution in [0, 0.1) is 0 Å². The van der Waals surface area contributed by atoms with E-state index in [0.717, 1.165) is 4.47 Å². The number of hydrogen-bond donors (Lipinski definition) is 3. The molecule has 118 valence electrons. The minimum absolute atomic E-state index is 0.103. The molecule has 0 radical (unpaired) electrons. The molecule has 0 aliphatic rings. The molecule has 0 aliphatic carbocycles. The van der Waals surface area contributed by atoms with Crippen LogP contribution >= 0.6 is 15.9 Å². The van der Waals surface area contributed by atoms with Gasteiger partial charge in [-0.25, -0.2) is 0 Å². The van der Waals surface area contributed by atoms with Gasteiger partial charge in [0.05, 0.1) is 0 Å². The molecular weight excluding hydrogens is 419 g/mol. The molecule has 22 heavy (non-hydrogen) atoms. The van der Waals surface area contributed by atoms with Crippen LogP contribution in [0.5, 0.6) is 0 Å². The van der Waals surface area contributed by atoms with Crippen LogP contribution in [0.2, 0.25) is 0 Å². The van der Waals surface area contributed by atoms with Gasteiger partial charge in [0.1, 0.15) is 0 Å². The summed E-state index contributed by atoms with van der Waals surface area (Å²) in [5.41, 5.74) is 0.157. The van der Waals surface area contributed by atoms with E-state index < -0.39 is 14.2 Å². The molecule has 0 aliphatic heterocycles. The standard InChI is InChI=1S/C8H10AsNO5.C5H4BrN/c1-6(11)10-8-5-3-2-4-7(8)9(12,13)15-14;6-5-2-1-3-7-4-5/h2-5,14H,1H3,(H,10,11)(H,12,13);1-4H. The van der Waals surface area contributed by atoms with Crippen LogP contribution in [0.3, 0.4) is 0 Å². The van der Waals surface area contributed by atoms with Crippen LogP contribution < -0.4 is 9.67 Å². The second-order valence-electron chi connectivity index (χ2n) is 3.97. The first-order valence-corrected chi connectivity index (χ1v) is 10.1. The van der Waals surface area contributed by atoms with Crippen LogP contribution in [-0.4, -0.2) is 34.4 Å². The summed E-state index contributed by atoms with van der Waals surface area (Å²) in [6.07, 6.45) is 3.49. The first-order chi connectivity index (χ1) is 10.4. The van der Waals surface area contributed by atoms with Gasteiger partial charge >= 0.3 is 88.4 Å². The Morgan fingerprint density at radius 1 is 1.32 bits per heavy atom. The number of rotatable bonds is 3. The molecule has 0 bridgehead atoms. The number of carbonyl (C=O) groups is 1. The van der Waals surface area contributed by atoms with Gasteiger partial charge < -0.3 is 0 Å². The number of pyridine rings is 1. The first-order valence-electron chi connectivity index (χ1n) is 5.95. The number of amides is 1. The molecule has 2 rings (SSSR count). The third-order valence-corrected chi connectivity index (χ3v) is 5.28. The van der Waals surface area contributed by atoms with Gasteiger partial charge in [0.2, 0.25) is 0 Å². The molecule has 1 unspecified atom stereocenters. The van der Waals surface area contributed by atoms with Crippen LogP contribution in [0.25, 0.3) is 0 Å². The van der Waals surface area contributed by atoms with E-state index in [1.807, 2.05) is 12.1 Å². The maximum absolute atomic E-state index is 11.4. The number of aromatic nitrogens is 1. The van der Waals surface area contributed by atoms with Crippen LogP contribution in [0.4, 0.5) is 5.69 Å². The fourth-order valence-corrected chi connectivity index (χ4v) is 3.34. The van der Waals surface area contributed by atoms with Crippen molar-refractivity contribution < 1.29 is 21.8 Å². The Morgan fingerprint density at radius 3 is 2.45 bits per heavy atom. The summed E-state index contributed by atoms with van der Waals surface area (Å²) in [6.45, 7) is 1.27. The SMILES string of the molecule is Brc1cccnc1.CC(=O)Nc1ccccc1[As](=O)(O)OO. The third-order valence-electron chi connectivity index (χ3n) is 2.26. The Balaban J connectivity index is 0.000000287. The van der Waals surface area contributed by atoms with Crippen molar-refractivity contribution in [3.05, 3.63) is 53.3 Å². The van der Waals surface area contributed by atoms with E-state index in [-0.39, 0.29) is 15.9 Å². The van der Waals surface area contributed by atoms with Crippen molar-refractivity contribution in [2.24, 2.45) is 0 Å². The number of para-hydroxylation sites is 1. The molecule has 0 saturated carbocycles. The van der Waals surface area contributed by atoms with E-state index >= 15 is 0 Å². The molecule has 1 atom stereocenters. The normalized spacial score (nSPS) is 12.5. The number of halogens is 1. The predicted octanol–water partition coefficient (Wildman–Crippen LogP) is 1.55. The summed E-state index contributed by atoms with van der Waals surface area (Å²) in [7, 11) is 0. The van der Waals surface area contributed by atoms with Crippen LogP contribution in [-0.2, 0) is 12.4 Å². The first kappa shape index (κ1) is 18.6. The second-order valence-corrected chi connectivity index (χ2v) is 8.42. The van der Waals surface area contributed by atoms with Gasteiger partial charge in [0.25, 0.3) is 0 Å². The zero-order chi connectivity index (χ0) is 16.6. The summed E-state index contributed by atoms with van der Waals surface area (Å²) in [4.78, 5) is 14.6. The fraction of sp³-hybridized carbons (Fsp3) is 0.0769. The average molecular weight is 433 g/mol. The number of benzene rings is 1. The molecule has 1 aromatic heterocycles. The average Bonchev–Trinajstić information content (AvgIpc) is 2.48. The second kappa shape index (κ2) is 8.87. The maximum atomic E-state index is 11.4. The quantitative estimate of drug-likeness (QED) is 0.385. The van der Waals surface area contributed by atoms with E-state index in [9.17, 15) is 12.6 Å². The van der Waals surface area contributed by atoms with Gasteiger partial charge in [-0.3, -0.25) is 4.98 Å². The van der Waals surface area contributed by atoms with Crippen molar-refractivity contribution in [3.63, 3.8) is 0 Å². The Bertz CT molecular complexity index is 668. The van der Waals surface area contributed by atoms with Crippen molar-refractivity contribution >= 4 is 46.0 Å². The Hall–Kier alpha value is -1.44. The van der Waals surface area contributed by atoms with E-state index in [1.165, 1.54) is 25.1 Å². The van der Waals surface area contributed by atoms with Gasteiger partial charge in [0, 0.05) is 16.9 Å². The van der Waals surface area contributed by atoms with Gasteiger partial charge in [0.15, 0.2) is 0 Å². The molecule has 3 N–H and O–H groups in total. The topological polar surface area (TPSA) is 109 Å². The van der Waals surface area contributed by atoms with Gasteiger partial charge in [-0.1, -0.05) is 0 Å². The molecule has 1 heterocycles. The van der Waals surface area contributed by atoms with E-state index in [0.29, 0.717) is 0 Å². The van der Waals surface area contributed by atoms with E-state index in [1.54, 1.807) is 18.5 Å². The molecule has 1 aromatic carbocycles. The van der Waals surface area contributed by atoms with E-state index in [2.05, 4.69) is 30.1 Å². The number of carbonyl (C=O) groups excluding carboxylic acids is 1. The van der Waals surface area contributed by atoms with Crippen molar-refractivity contribution in [1.29, 1.82) is 0 Å². The fourth-order valence-electron chi connectivity index (χ4n) is 1.40. The van der Waals surface area contributed by atoms with E-state index in [4.69, 9.17) is 5.26 Å². The molecule has 0 saturated heterocycles. The van der Waals surface area contributed by atoms with Crippen molar-refractivity contribution in [2.45, 2.75) is 6.92 Å². The summed E-state index contributed by atoms with van der Waals surface area (Å²) < 4.78 is 25.1. The monoisotopic (exact) mass is 432 g/mol. The van der Waals surface area contributed by atoms with Crippen LogP contribution in [0.1, 0.15) is 6.92 Å². The van der Waals surface area contributed by atoms with Crippen molar-refractivity contribution in [2.75, 3.05) is 5.32 Å². The summed E-state index contributed by atoms with van der Waals surface area (Å²) in [5.74, 6) is -0.379. The Labute approximate surface area is 138 Å². The summed E-state index contributed by atoms with van der Waals surface area (Å²) >= 11 is -1.68. The molecular formula is C13H14AsBrN2O5. The molecule has 1 amide bonds. The van der Waals surface area contributed by atoms with Crippen LogP contribution in [0.15, 0.2) is 53.3 Å². The number of nitrogens with zero attached hydrogens (tertiary/aromatic N) is 1. The summed E-state index contributed by atoms with van der Waals surface area (Å²) in [5, 5.41) is 10.7. The van der Waals surface area contributed by atoms with Gasteiger partial charge in [-0.05, 0) is 28.1 Å². The molecule has 7 nitrogen and oxygen atoms in total. The zero-order valence-corrected chi connectivity index (χ0v) is 15.0. The predicted molar refractivity (Wildman–Crippen MR) is 84.7 cm³/mol. The zero-order valence-electron chi connectivity index (χ0n) is 11.5. The molecule has 9 heteroatoms. The Morgan fingerprint density at radius 2 is 2.00 bits per heavy atom. The Kier molecular flexibility index (Phi) is 7.50.